The molecule has 6 heteroatoms. The first-order valence-corrected chi connectivity index (χ1v) is 4.85. The average Bonchev–Trinajstić information content (AvgIpc) is 2.14. The molecule has 14 heavy (non-hydrogen) atoms. The van der Waals surface area contributed by atoms with Gasteiger partial charge in [-0.2, -0.15) is 0 Å². The maximum Gasteiger partial charge on any atom is 0.328 e. The van der Waals surface area contributed by atoms with Crippen LogP contribution in [0.3, 0.4) is 0 Å². The lowest BCUT2D eigenvalue weighted by Gasteiger charge is -2.02. The average molecular weight is 261 g/mol. The lowest BCUT2D eigenvalue weighted by atomic mass is 10.3. The molecule has 0 aromatic carbocycles. The van der Waals surface area contributed by atoms with Gasteiger partial charge in [0, 0.05) is 12.6 Å². The molecule has 1 aromatic rings. The Morgan fingerprint density at radius 1 is 1.57 bits per heavy atom. The summed E-state index contributed by atoms with van der Waals surface area (Å²) in [6.45, 7) is 1.71. The summed E-state index contributed by atoms with van der Waals surface area (Å²) in [5.74, 6) is -0.0638. The van der Waals surface area contributed by atoms with Crippen molar-refractivity contribution in [3.05, 3.63) is 31.5 Å². The van der Waals surface area contributed by atoms with Gasteiger partial charge >= 0.3 is 5.69 Å². The van der Waals surface area contributed by atoms with Crippen LogP contribution in [0.25, 0.3) is 0 Å². The van der Waals surface area contributed by atoms with Gasteiger partial charge in [0.2, 0.25) is 0 Å². The maximum absolute atomic E-state index is 11.2. The van der Waals surface area contributed by atoms with Gasteiger partial charge in [0.05, 0.1) is 11.0 Å². The molecule has 0 bridgehead atoms. The zero-order chi connectivity index (χ0) is 10.7. The van der Waals surface area contributed by atoms with Crippen LogP contribution in [-0.4, -0.2) is 15.3 Å². The van der Waals surface area contributed by atoms with Gasteiger partial charge in [-0.15, -0.1) is 0 Å². The summed E-state index contributed by atoms with van der Waals surface area (Å²) >= 11 is 2.98. The quantitative estimate of drug-likeness (QED) is 0.849. The van der Waals surface area contributed by atoms with Crippen LogP contribution in [0.15, 0.2) is 20.3 Å². The van der Waals surface area contributed by atoms with E-state index >= 15 is 0 Å². The van der Waals surface area contributed by atoms with Crippen molar-refractivity contribution in [2.45, 2.75) is 19.9 Å². The molecule has 0 aliphatic rings. The molecule has 1 heterocycles. The fraction of sp³-hybridized carbons (Fsp3) is 0.375. The predicted molar refractivity (Wildman–Crippen MR) is 54.3 cm³/mol. The first kappa shape index (κ1) is 10.9. The zero-order valence-electron chi connectivity index (χ0n) is 7.54. The number of aromatic nitrogens is 2. The Bertz CT molecular complexity index is 460. The molecule has 0 aliphatic carbocycles. The summed E-state index contributed by atoms with van der Waals surface area (Å²) in [7, 11) is 0. The highest BCUT2D eigenvalue weighted by Gasteiger charge is 2.04. The number of hydrogen-bond donors (Lipinski definition) is 1. The number of hydrogen-bond acceptors (Lipinski definition) is 3. The number of rotatable bonds is 3. The molecular formula is C8H9BrN2O3. The standard InChI is InChI=1S/C8H9BrN2O3/c1-2-5(12)3-11-4-6(9)7(13)10-8(11)14/h4H,2-3H2,1H3,(H,10,13,14). The van der Waals surface area contributed by atoms with E-state index in [-0.39, 0.29) is 16.8 Å². The molecule has 0 atom stereocenters. The van der Waals surface area contributed by atoms with Crippen molar-refractivity contribution in [1.82, 2.24) is 9.55 Å². The molecule has 0 saturated heterocycles. The second kappa shape index (κ2) is 4.36. The topological polar surface area (TPSA) is 71.9 Å². The van der Waals surface area contributed by atoms with E-state index in [9.17, 15) is 14.4 Å². The third-order valence-corrected chi connectivity index (χ3v) is 2.27. The Balaban J connectivity index is 3.11. The third-order valence-electron chi connectivity index (χ3n) is 1.71. The van der Waals surface area contributed by atoms with Crippen LogP contribution >= 0.6 is 15.9 Å². The smallest absolute Gasteiger partial charge is 0.298 e. The molecular weight excluding hydrogens is 252 g/mol. The van der Waals surface area contributed by atoms with Crippen molar-refractivity contribution in [3.63, 3.8) is 0 Å². The summed E-state index contributed by atoms with van der Waals surface area (Å²) in [5, 5.41) is 0. The van der Waals surface area contributed by atoms with Crippen molar-refractivity contribution >= 4 is 21.7 Å². The molecule has 1 rings (SSSR count). The van der Waals surface area contributed by atoms with Gasteiger partial charge in [-0.1, -0.05) is 6.92 Å². The minimum absolute atomic E-state index is 0.00921. The monoisotopic (exact) mass is 260 g/mol. The number of aromatic amines is 1. The van der Waals surface area contributed by atoms with Crippen LogP contribution in [0.4, 0.5) is 0 Å². The number of ketones is 1. The van der Waals surface area contributed by atoms with Gasteiger partial charge in [-0.05, 0) is 15.9 Å². The summed E-state index contributed by atoms with van der Waals surface area (Å²) in [6, 6.07) is 0. The van der Waals surface area contributed by atoms with Crippen molar-refractivity contribution < 1.29 is 4.79 Å². The van der Waals surface area contributed by atoms with E-state index < -0.39 is 11.2 Å². The summed E-state index contributed by atoms with van der Waals surface area (Å²) in [4.78, 5) is 35.3. The highest BCUT2D eigenvalue weighted by molar-refractivity contribution is 9.10. The van der Waals surface area contributed by atoms with Crippen LogP contribution < -0.4 is 11.2 Å². The number of carbonyl (C=O) groups is 1. The fourth-order valence-electron chi connectivity index (χ4n) is 0.902. The molecule has 76 valence electrons. The molecule has 5 nitrogen and oxygen atoms in total. The highest BCUT2D eigenvalue weighted by atomic mass is 79.9. The molecule has 0 saturated carbocycles. The molecule has 0 spiro atoms. The molecule has 0 aliphatic heterocycles. The van der Waals surface area contributed by atoms with Gasteiger partial charge < -0.3 is 0 Å². The molecule has 0 radical (unpaired) electrons. The summed E-state index contributed by atoms with van der Waals surface area (Å²) in [5.41, 5.74) is -1.06. The summed E-state index contributed by atoms with van der Waals surface area (Å²) in [6.07, 6.45) is 1.68. The van der Waals surface area contributed by atoms with Crippen LogP contribution in [-0.2, 0) is 11.3 Å². The Morgan fingerprint density at radius 2 is 2.21 bits per heavy atom. The zero-order valence-corrected chi connectivity index (χ0v) is 9.13. The maximum atomic E-state index is 11.2. The normalized spacial score (nSPS) is 10.1. The van der Waals surface area contributed by atoms with Gasteiger partial charge in [-0.25, -0.2) is 4.79 Å². The van der Waals surface area contributed by atoms with E-state index in [0.717, 1.165) is 4.57 Å². The number of Topliss-reactive ketones (excluding diaryl/α,β-unsaturated/α-hetero) is 1. The number of carbonyl (C=O) groups excluding carboxylic acids is 1. The first-order valence-electron chi connectivity index (χ1n) is 4.05. The fourth-order valence-corrected chi connectivity index (χ4v) is 1.25. The molecule has 0 amide bonds. The van der Waals surface area contributed by atoms with Crippen molar-refractivity contribution in [2.24, 2.45) is 0 Å². The molecule has 1 aromatic heterocycles. The van der Waals surface area contributed by atoms with Crippen LogP contribution in [0.1, 0.15) is 13.3 Å². The van der Waals surface area contributed by atoms with E-state index in [0.29, 0.717) is 6.42 Å². The predicted octanol–water partition coefficient (Wildman–Crippen LogP) is 0.278. The first-order chi connectivity index (χ1) is 6.54. The minimum Gasteiger partial charge on any atom is -0.298 e. The Kier molecular flexibility index (Phi) is 3.40. The van der Waals surface area contributed by atoms with Gasteiger partial charge in [0.1, 0.15) is 0 Å². The van der Waals surface area contributed by atoms with Crippen LogP contribution in [0.2, 0.25) is 0 Å². The Labute approximate surface area is 87.9 Å². The lowest BCUT2D eigenvalue weighted by Crippen LogP contribution is -2.31. The highest BCUT2D eigenvalue weighted by Crippen LogP contribution is 1.98. The minimum atomic E-state index is -0.569. The van der Waals surface area contributed by atoms with E-state index in [1.807, 2.05) is 0 Å². The van der Waals surface area contributed by atoms with E-state index in [2.05, 4.69) is 20.9 Å². The van der Waals surface area contributed by atoms with Gasteiger partial charge in [0.25, 0.3) is 5.56 Å². The van der Waals surface area contributed by atoms with E-state index in [4.69, 9.17) is 0 Å². The molecule has 0 unspecified atom stereocenters. The second-order valence-corrected chi connectivity index (χ2v) is 3.61. The number of H-pyrrole nitrogens is 1. The largest absolute Gasteiger partial charge is 0.328 e. The third kappa shape index (κ3) is 2.41. The van der Waals surface area contributed by atoms with Crippen molar-refractivity contribution in [3.8, 4) is 0 Å². The van der Waals surface area contributed by atoms with E-state index in [1.54, 1.807) is 6.92 Å². The van der Waals surface area contributed by atoms with Crippen molar-refractivity contribution in [2.75, 3.05) is 0 Å². The Morgan fingerprint density at radius 3 is 2.79 bits per heavy atom. The van der Waals surface area contributed by atoms with Gasteiger partial charge in [-0.3, -0.25) is 19.1 Å². The van der Waals surface area contributed by atoms with Crippen molar-refractivity contribution in [1.29, 1.82) is 0 Å². The molecule has 1 N–H and O–H groups in total. The van der Waals surface area contributed by atoms with E-state index in [1.165, 1.54) is 6.20 Å². The van der Waals surface area contributed by atoms with Crippen LogP contribution in [0.5, 0.6) is 0 Å². The number of halogens is 1. The second-order valence-electron chi connectivity index (χ2n) is 2.76. The number of nitrogens with zero attached hydrogens (tertiary/aromatic N) is 1. The SMILES string of the molecule is CCC(=O)Cn1cc(Br)c(=O)[nH]c1=O. The van der Waals surface area contributed by atoms with Crippen LogP contribution in [0, 0.1) is 0 Å². The Hall–Kier alpha value is -1.17. The summed E-state index contributed by atoms with van der Waals surface area (Å²) < 4.78 is 1.40. The number of nitrogens with one attached hydrogen (secondary N) is 1. The molecule has 0 fully saturated rings. The van der Waals surface area contributed by atoms with Gasteiger partial charge in [0.15, 0.2) is 5.78 Å². The lowest BCUT2D eigenvalue weighted by molar-refractivity contribution is -0.119.